The number of hydrogen-bond donors (Lipinski definition) is 0. The second-order valence-corrected chi connectivity index (χ2v) is 4.79. The molecule has 3 nitrogen and oxygen atoms in total. The Kier molecular flexibility index (Phi) is 4.74. The molecule has 0 spiro atoms. The Labute approximate surface area is 110 Å². The lowest BCUT2D eigenvalue weighted by Gasteiger charge is -2.28. The third kappa shape index (κ3) is 2.67. The Hall–Kier alpha value is -0.660. The maximum Gasteiger partial charge on any atom is 0.383 e. The fourth-order valence-corrected chi connectivity index (χ4v) is 2.36. The fraction of sp³-hybridized carbons (Fsp3) is 0.800. The zero-order valence-corrected chi connectivity index (χ0v) is 11.1. The van der Waals surface area contributed by atoms with E-state index in [4.69, 9.17) is 0 Å². The molecule has 1 saturated heterocycles. The van der Waals surface area contributed by atoms with E-state index in [1.54, 1.807) is 6.92 Å². The molecule has 1 aliphatic heterocycles. The molecule has 104 valence electrons. The van der Waals surface area contributed by atoms with Crippen molar-refractivity contribution in [3.05, 3.63) is 0 Å². The third-order valence-electron chi connectivity index (χ3n) is 2.98. The lowest BCUT2D eigenvalue weighted by molar-refractivity contribution is -0.182. The number of likely N-dealkylation sites (tertiary alicyclic amines) is 1. The van der Waals surface area contributed by atoms with Gasteiger partial charge in [-0.05, 0) is 12.3 Å². The molecule has 2 atom stereocenters. The fourth-order valence-electron chi connectivity index (χ4n) is 2.03. The second-order valence-electron chi connectivity index (χ2n) is 4.23. The van der Waals surface area contributed by atoms with Gasteiger partial charge >= 0.3 is 12.3 Å². The number of carbonyl (C=O) groups is 2. The number of nitrogens with zero attached hydrogens (tertiary/aromatic N) is 1. The number of hydrogen-bond acceptors (Lipinski definition) is 2. The van der Waals surface area contributed by atoms with Gasteiger partial charge in [-0.2, -0.15) is 8.78 Å². The van der Waals surface area contributed by atoms with E-state index in [-0.39, 0.29) is 17.8 Å². The number of amides is 1. The minimum absolute atomic E-state index is 0.105. The Morgan fingerprint density at radius 3 is 2.44 bits per heavy atom. The van der Waals surface area contributed by atoms with Crippen molar-refractivity contribution in [2.45, 2.75) is 31.7 Å². The molecule has 0 radical (unpaired) electrons. The monoisotopic (exact) mass is 333 g/mol. The summed E-state index contributed by atoms with van der Waals surface area (Å²) in [5, 5.41) is -0.105. The molecular weight excluding hydrogens is 322 g/mol. The lowest BCUT2D eigenvalue weighted by Crippen LogP contribution is -2.52. The molecule has 8 heteroatoms. The number of halogens is 5. The first-order valence-electron chi connectivity index (χ1n) is 5.29. The number of alkyl halides is 5. The van der Waals surface area contributed by atoms with E-state index in [0.717, 1.165) is 0 Å². The molecule has 1 amide bonds. The zero-order valence-electron chi connectivity index (χ0n) is 9.51. The molecular formula is C10H12BrF4NO2. The second kappa shape index (κ2) is 5.54. The van der Waals surface area contributed by atoms with E-state index in [2.05, 4.69) is 15.9 Å². The average molecular weight is 334 g/mol. The number of carbonyl (C=O) groups excluding carboxylic acids is 2. The highest BCUT2D eigenvalue weighted by Crippen LogP contribution is 2.32. The Bertz CT molecular complexity index is 351. The normalized spacial score (nSPS) is 24.7. The van der Waals surface area contributed by atoms with Gasteiger partial charge < -0.3 is 4.90 Å². The molecule has 0 aromatic heterocycles. The van der Waals surface area contributed by atoms with Crippen molar-refractivity contribution in [2.24, 2.45) is 5.92 Å². The van der Waals surface area contributed by atoms with Crippen molar-refractivity contribution < 1.29 is 27.2 Å². The quantitative estimate of drug-likeness (QED) is 0.583. The molecule has 0 aromatic rings. The van der Waals surface area contributed by atoms with Crippen LogP contribution in [0.1, 0.15) is 13.3 Å². The summed E-state index contributed by atoms with van der Waals surface area (Å²) in [5.41, 5.74) is 0. The van der Waals surface area contributed by atoms with Crippen LogP contribution < -0.4 is 0 Å². The first-order chi connectivity index (χ1) is 8.23. The highest BCUT2D eigenvalue weighted by molar-refractivity contribution is 9.09. The summed E-state index contributed by atoms with van der Waals surface area (Å²) in [7, 11) is 0. The van der Waals surface area contributed by atoms with E-state index < -0.39 is 30.1 Å². The van der Waals surface area contributed by atoms with Crippen molar-refractivity contribution in [3.63, 3.8) is 0 Å². The van der Waals surface area contributed by atoms with Gasteiger partial charge in [-0.3, -0.25) is 9.59 Å². The number of rotatable bonds is 4. The van der Waals surface area contributed by atoms with E-state index in [1.165, 1.54) is 0 Å². The van der Waals surface area contributed by atoms with E-state index in [9.17, 15) is 27.2 Å². The van der Waals surface area contributed by atoms with Crippen LogP contribution in [0.3, 0.4) is 0 Å². The SMILES string of the molecule is CC1CCN(C(=O)C(F)(F)C(F)F)C1C(=O)CBr. The molecule has 1 aliphatic rings. The van der Waals surface area contributed by atoms with Gasteiger partial charge in [0.25, 0.3) is 5.91 Å². The van der Waals surface area contributed by atoms with Crippen molar-refractivity contribution >= 4 is 27.6 Å². The number of Topliss-reactive ketones (excluding diaryl/α,β-unsaturated/α-hetero) is 1. The van der Waals surface area contributed by atoms with Crippen molar-refractivity contribution in [2.75, 3.05) is 11.9 Å². The average Bonchev–Trinajstić information content (AvgIpc) is 2.68. The number of ketones is 1. The van der Waals surface area contributed by atoms with Crippen LogP contribution in [0.5, 0.6) is 0 Å². The summed E-state index contributed by atoms with van der Waals surface area (Å²) in [6.07, 6.45) is -3.73. The van der Waals surface area contributed by atoms with Crippen LogP contribution in [-0.2, 0) is 9.59 Å². The predicted octanol–water partition coefficient (Wildman–Crippen LogP) is 2.09. The van der Waals surface area contributed by atoms with Crippen LogP contribution in [0.2, 0.25) is 0 Å². The largest absolute Gasteiger partial charge is 0.383 e. The Morgan fingerprint density at radius 2 is 2.00 bits per heavy atom. The summed E-state index contributed by atoms with van der Waals surface area (Å²) in [6, 6.07) is -1.05. The van der Waals surface area contributed by atoms with Crippen LogP contribution in [0.4, 0.5) is 17.6 Å². The molecule has 0 aliphatic carbocycles. The maximum atomic E-state index is 13.0. The zero-order chi connectivity index (χ0) is 14.1. The molecule has 18 heavy (non-hydrogen) atoms. The minimum atomic E-state index is -4.74. The molecule has 2 unspecified atom stereocenters. The molecule has 0 saturated carbocycles. The molecule has 0 bridgehead atoms. The highest BCUT2D eigenvalue weighted by atomic mass is 79.9. The maximum absolute atomic E-state index is 13.0. The standard InChI is InChI=1S/C10H12BrF4NO2/c1-5-2-3-16(7(5)6(17)4-11)9(18)10(14,15)8(12)13/h5,7-8H,2-4H2,1H3. The first-order valence-corrected chi connectivity index (χ1v) is 6.41. The summed E-state index contributed by atoms with van der Waals surface area (Å²) in [5.74, 6) is -7.48. The van der Waals surface area contributed by atoms with Crippen molar-refractivity contribution in [1.29, 1.82) is 0 Å². The molecule has 1 rings (SSSR count). The van der Waals surface area contributed by atoms with Gasteiger partial charge in [-0.15, -0.1) is 0 Å². The highest BCUT2D eigenvalue weighted by Gasteiger charge is 2.54. The van der Waals surface area contributed by atoms with Gasteiger partial charge in [0.05, 0.1) is 11.4 Å². The van der Waals surface area contributed by atoms with Crippen LogP contribution in [0, 0.1) is 5.92 Å². The van der Waals surface area contributed by atoms with Crippen LogP contribution in [0.15, 0.2) is 0 Å². The van der Waals surface area contributed by atoms with Crippen LogP contribution in [0.25, 0.3) is 0 Å². The van der Waals surface area contributed by atoms with Gasteiger partial charge in [0.15, 0.2) is 5.78 Å². The summed E-state index contributed by atoms with van der Waals surface area (Å²) < 4.78 is 50.3. The van der Waals surface area contributed by atoms with Crippen molar-refractivity contribution in [3.8, 4) is 0 Å². The lowest BCUT2D eigenvalue weighted by atomic mass is 9.99. The Balaban J connectivity index is 2.95. The van der Waals surface area contributed by atoms with Gasteiger partial charge in [-0.25, -0.2) is 8.78 Å². The van der Waals surface area contributed by atoms with Crippen LogP contribution >= 0.6 is 15.9 Å². The van der Waals surface area contributed by atoms with Gasteiger partial charge in [0.1, 0.15) is 0 Å². The first kappa shape index (κ1) is 15.4. The minimum Gasteiger partial charge on any atom is -0.327 e. The summed E-state index contributed by atoms with van der Waals surface area (Å²) in [6.45, 7) is 1.52. The molecule has 1 fully saturated rings. The molecule has 1 heterocycles. The predicted molar refractivity (Wildman–Crippen MR) is 59.0 cm³/mol. The van der Waals surface area contributed by atoms with E-state index >= 15 is 0 Å². The van der Waals surface area contributed by atoms with E-state index in [1.807, 2.05) is 0 Å². The van der Waals surface area contributed by atoms with Gasteiger partial charge in [0.2, 0.25) is 0 Å². The van der Waals surface area contributed by atoms with E-state index in [0.29, 0.717) is 11.3 Å². The third-order valence-corrected chi connectivity index (χ3v) is 3.53. The topological polar surface area (TPSA) is 37.4 Å². The summed E-state index contributed by atoms with van der Waals surface area (Å²) >= 11 is 2.89. The Morgan fingerprint density at radius 1 is 1.44 bits per heavy atom. The van der Waals surface area contributed by atoms with Gasteiger partial charge in [-0.1, -0.05) is 22.9 Å². The smallest absolute Gasteiger partial charge is 0.327 e. The van der Waals surface area contributed by atoms with Crippen molar-refractivity contribution in [1.82, 2.24) is 4.90 Å². The molecule has 0 N–H and O–H groups in total. The molecule has 0 aromatic carbocycles. The van der Waals surface area contributed by atoms with Crippen LogP contribution in [-0.4, -0.2) is 46.9 Å². The van der Waals surface area contributed by atoms with Gasteiger partial charge in [0, 0.05) is 6.54 Å². The summed E-state index contributed by atoms with van der Waals surface area (Å²) in [4.78, 5) is 23.5.